The summed E-state index contributed by atoms with van der Waals surface area (Å²) in [5.41, 5.74) is 5.97. The third-order valence-corrected chi connectivity index (χ3v) is 4.67. The van der Waals surface area contributed by atoms with Crippen molar-refractivity contribution >= 4 is 16.5 Å². The zero-order valence-corrected chi connectivity index (χ0v) is 17.8. The van der Waals surface area contributed by atoms with Crippen molar-refractivity contribution < 1.29 is 29.7 Å². The van der Waals surface area contributed by atoms with Gasteiger partial charge in [-0.15, -0.1) is 0 Å². The predicted molar refractivity (Wildman–Crippen MR) is 121 cm³/mol. The number of rotatable bonds is 9. The summed E-state index contributed by atoms with van der Waals surface area (Å²) in [4.78, 5) is 9.90. The number of nitro benzene ring substituents is 1. The van der Waals surface area contributed by atoms with Crippen LogP contribution in [0.5, 0.6) is 11.5 Å². The summed E-state index contributed by atoms with van der Waals surface area (Å²) in [6.45, 7) is 0.265. The Labute approximate surface area is 185 Å². The molecule has 0 saturated heterocycles. The summed E-state index contributed by atoms with van der Waals surface area (Å²) >= 11 is 0. The first-order valence-electron chi connectivity index (χ1n) is 10.00. The number of ether oxygens (including phenoxy) is 2. The van der Waals surface area contributed by atoms with Crippen LogP contribution in [0, 0.1) is 10.1 Å². The van der Waals surface area contributed by atoms with Crippen LogP contribution >= 0.6 is 0 Å². The van der Waals surface area contributed by atoms with Gasteiger partial charge in [0.2, 0.25) is 0 Å². The number of aliphatic hydroxyl groups is 3. The highest BCUT2D eigenvalue weighted by molar-refractivity contribution is 5.84. The van der Waals surface area contributed by atoms with E-state index in [2.05, 4.69) is 0 Å². The van der Waals surface area contributed by atoms with E-state index in [0.29, 0.717) is 18.8 Å². The molecule has 0 amide bonds. The minimum absolute atomic E-state index is 0.0225. The lowest BCUT2D eigenvalue weighted by Gasteiger charge is -2.09. The summed E-state index contributed by atoms with van der Waals surface area (Å²) in [7, 11) is 1.63. The molecule has 2 atom stereocenters. The molecule has 9 nitrogen and oxygen atoms in total. The Balaban J connectivity index is 0.000000227. The highest BCUT2D eigenvalue weighted by Crippen LogP contribution is 2.24. The molecule has 2 unspecified atom stereocenters. The van der Waals surface area contributed by atoms with E-state index in [1.165, 1.54) is 24.3 Å². The normalized spacial score (nSPS) is 12.4. The number of methoxy groups -OCH3 is 1. The standard InChI is InChI=1S/C13H14O3.C10H14N2O4/c1-16-12-5-4-9-6-11(13(15)8-14)3-2-10(9)7-12;11-7-9(13)5-6-16-10-3-1-8(2-4-10)12(14)15/h2-7,13-15H,8H2,1H3;1-4,9,13H,5-7,11H2. The van der Waals surface area contributed by atoms with Gasteiger partial charge in [-0.25, -0.2) is 0 Å². The van der Waals surface area contributed by atoms with Crippen LogP contribution in [-0.4, -0.2) is 53.2 Å². The van der Waals surface area contributed by atoms with Crippen LogP contribution in [0.25, 0.3) is 10.8 Å². The molecule has 3 rings (SSSR count). The van der Waals surface area contributed by atoms with Gasteiger partial charge in [0.15, 0.2) is 0 Å². The summed E-state index contributed by atoms with van der Waals surface area (Å²) in [5.74, 6) is 1.35. The van der Waals surface area contributed by atoms with Crippen molar-refractivity contribution in [2.24, 2.45) is 5.73 Å². The van der Waals surface area contributed by atoms with Gasteiger partial charge in [0.05, 0.1) is 31.4 Å². The maximum absolute atomic E-state index is 10.4. The second-order valence-electron chi connectivity index (χ2n) is 6.95. The number of nitrogens with two attached hydrogens (primary N) is 1. The van der Waals surface area contributed by atoms with E-state index in [1.54, 1.807) is 7.11 Å². The molecule has 32 heavy (non-hydrogen) atoms. The predicted octanol–water partition coefficient (Wildman–Crippen LogP) is 2.56. The lowest BCUT2D eigenvalue weighted by Crippen LogP contribution is -2.21. The van der Waals surface area contributed by atoms with Crippen molar-refractivity contribution in [2.45, 2.75) is 18.6 Å². The second kappa shape index (κ2) is 12.6. The minimum atomic E-state index is -0.813. The molecule has 3 aromatic rings. The number of non-ortho nitro benzene ring substituents is 1. The fourth-order valence-corrected chi connectivity index (χ4v) is 2.78. The zero-order valence-electron chi connectivity index (χ0n) is 17.8. The van der Waals surface area contributed by atoms with E-state index in [9.17, 15) is 15.2 Å². The Bertz CT molecular complexity index is 995. The Morgan fingerprint density at radius 1 is 1.00 bits per heavy atom. The molecule has 5 N–H and O–H groups in total. The molecule has 0 heterocycles. The summed E-state index contributed by atoms with van der Waals surface area (Å²) in [5, 5.41) is 40.0. The molecule has 0 spiro atoms. The van der Waals surface area contributed by atoms with Gasteiger partial charge in [0.25, 0.3) is 5.69 Å². The molecular weight excluding hydrogens is 416 g/mol. The van der Waals surface area contributed by atoms with Gasteiger partial charge in [-0.05, 0) is 46.7 Å². The van der Waals surface area contributed by atoms with Gasteiger partial charge in [0.1, 0.15) is 17.6 Å². The highest BCUT2D eigenvalue weighted by Gasteiger charge is 2.07. The average molecular weight is 444 g/mol. The third-order valence-electron chi connectivity index (χ3n) is 4.67. The van der Waals surface area contributed by atoms with E-state index in [4.69, 9.17) is 25.4 Å². The van der Waals surface area contributed by atoms with Gasteiger partial charge in [0, 0.05) is 25.1 Å². The Hall–Kier alpha value is -3.24. The zero-order chi connectivity index (χ0) is 23.5. The molecule has 0 radical (unpaired) electrons. The number of aliphatic hydroxyl groups excluding tert-OH is 3. The number of hydrogen-bond acceptors (Lipinski definition) is 8. The van der Waals surface area contributed by atoms with Crippen molar-refractivity contribution in [3.63, 3.8) is 0 Å². The van der Waals surface area contributed by atoms with Crippen molar-refractivity contribution in [3.05, 3.63) is 76.3 Å². The SMILES string of the molecule is COc1ccc2cc(C(O)CO)ccc2c1.NCC(O)CCOc1ccc([N+](=O)[O-])cc1. The number of hydrogen-bond donors (Lipinski definition) is 4. The topological polar surface area (TPSA) is 148 Å². The molecule has 3 aromatic carbocycles. The molecule has 0 aliphatic carbocycles. The molecule has 0 fully saturated rings. The van der Waals surface area contributed by atoms with Crippen LogP contribution in [0.2, 0.25) is 0 Å². The summed E-state index contributed by atoms with van der Waals surface area (Å²) in [6, 6.07) is 17.1. The Morgan fingerprint density at radius 3 is 2.22 bits per heavy atom. The molecule has 0 aliphatic rings. The third kappa shape index (κ3) is 7.47. The van der Waals surface area contributed by atoms with E-state index in [-0.39, 0.29) is 18.8 Å². The maximum Gasteiger partial charge on any atom is 0.269 e. The largest absolute Gasteiger partial charge is 0.497 e. The number of nitrogens with zero attached hydrogens (tertiary/aromatic N) is 1. The van der Waals surface area contributed by atoms with E-state index < -0.39 is 17.1 Å². The van der Waals surface area contributed by atoms with Crippen LogP contribution in [0.4, 0.5) is 5.69 Å². The highest BCUT2D eigenvalue weighted by atomic mass is 16.6. The average Bonchev–Trinajstić information content (AvgIpc) is 2.83. The minimum Gasteiger partial charge on any atom is -0.497 e. The van der Waals surface area contributed by atoms with Gasteiger partial charge >= 0.3 is 0 Å². The van der Waals surface area contributed by atoms with Crippen LogP contribution in [-0.2, 0) is 0 Å². The lowest BCUT2D eigenvalue weighted by molar-refractivity contribution is -0.384. The molecule has 0 aromatic heterocycles. The monoisotopic (exact) mass is 444 g/mol. The smallest absolute Gasteiger partial charge is 0.269 e. The fraction of sp³-hybridized carbons (Fsp3) is 0.304. The molecule has 0 bridgehead atoms. The van der Waals surface area contributed by atoms with Crippen LogP contribution in [0.15, 0.2) is 60.7 Å². The fourth-order valence-electron chi connectivity index (χ4n) is 2.78. The maximum atomic E-state index is 10.4. The Kier molecular flexibility index (Phi) is 9.83. The molecule has 0 saturated carbocycles. The number of fused-ring (bicyclic) bond motifs is 1. The van der Waals surface area contributed by atoms with Crippen LogP contribution in [0.3, 0.4) is 0 Å². The van der Waals surface area contributed by atoms with Gasteiger partial charge in [-0.2, -0.15) is 0 Å². The van der Waals surface area contributed by atoms with Crippen molar-refractivity contribution in [1.82, 2.24) is 0 Å². The number of benzene rings is 3. The molecular formula is C23H28N2O7. The Morgan fingerprint density at radius 2 is 1.62 bits per heavy atom. The van der Waals surface area contributed by atoms with Gasteiger partial charge in [-0.3, -0.25) is 10.1 Å². The molecule has 9 heteroatoms. The quantitative estimate of drug-likeness (QED) is 0.291. The lowest BCUT2D eigenvalue weighted by atomic mass is 10.0. The van der Waals surface area contributed by atoms with E-state index in [1.807, 2.05) is 36.4 Å². The van der Waals surface area contributed by atoms with Crippen LogP contribution in [0.1, 0.15) is 18.1 Å². The van der Waals surface area contributed by atoms with Gasteiger partial charge in [-0.1, -0.05) is 18.2 Å². The first-order valence-corrected chi connectivity index (χ1v) is 10.00. The second-order valence-corrected chi connectivity index (χ2v) is 6.95. The summed E-state index contributed by atoms with van der Waals surface area (Å²) < 4.78 is 10.4. The first kappa shape index (κ1) is 25.0. The van der Waals surface area contributed by atoms with Crippen molar-refractivity contribution in [2.75, 3.05) is 26.9 Å². The molecule has 172 valence electrons. The van der Waals surface area contributed by atoms with E-state index in [0.717, 1.165) is 22.1 Å². The number of nitro groups is 1. The van der Waals surface area contributed by atoms with E-state index >= 15 is 0 Å². The molecule has 0 aliphatic heterocycles. The summed E-state index contributed by atoms with van der Waals surface area (Å²) in [6.07, 6.45) is -0.947. The van der Waals surface area contributed by atoms with Crippen molar-refractivity contribution in [1.29, 1.82) is 0 Å². The van der Waals surface area contributed by atoms with Crippen molar-refractivity contribution in [3.8, 4) is 11.5 Å². The van der Waals surface area contributed by atoms with Gasteiger partial charge < -0.3 is 30.5 Å². The van der Waals surface area contributed by atoms with Crippen LogP contribution < -0.4 is 15.2 Å². The first-order chi connectivity index (χ1) is 15.4.